The fourth-order valence-corrected chi connectivity index (χ4v) is 5.64. The van der Waals surface area contributed by atoms with Gasteiger partial charge < -0.3 is 9.47 Å². The largest absolute Gasteiger partial charge is 0.496 e. The number of fused-ring (bicyclic) bond motifs is 5. The highest BCUT2D eigenvalue weighted by Gasteiger charge is 2.79. The summed E-state index contributed by atoms with van der Waals surface area (Å²) < 4.78 is 9.02. The Kier molecular flexibility index (Phi) is 3.58. The first-order valence-corrected chi connectivity index (χ1v) is 8.04. The number of alkyl halides is 4. The van der Waals surface area contributed by atoms with Crippen LogP contribution < -0.4 is 9.47 Å². The molecule has 0 radical (unpaired) electrons. The lowest BCUT2D eigenvalue weighted by molar-refractivity contribution is 0.394. The number of rotatable bonds is 2. The summed E-state index contributed by atoms with van der Waals surface area (Å²) in [5.74, 6) is 0.910. The molecule has 2 aliphatic rings. The minimum Gasteiger partial charge on any atom is -0.496 e. The molecule has 2 bridgehead atoms. The average Bonchev–Trinajstić information content (AvgIpc) is 2.67. The Balaban J connectivity index is 2.51. The Morgan fingerprint density at radius 2 is 1.10 bits per heavy atom. The van der Waals surface area contributed by atoms with Crippen molar-refractivity contribution in [2.24, 2.45) is 0 Å². The maximum atomic E-state index is 6.71. The van der Waals surface area contributed by atoms with Crippen LogP contribution in [-0.4, -0.2) is 18.6 Å². The quantitative estimate of drug-likeness (QED) is 0.605. The van der Waals surface area contributed by atoms with E-state index in [1.807, 2.05) is 0 Å². The van der Waals surface area contributed by atoms with E-state index in [4.69, 9.17) is 79.1 Å². The Hall–Kier alpha value is 0.300. The molecule has 21 heavy (non-hydrogen) atoms. The zero-order chi connectivity index (χ0) is 15.8. The standard InChI is InChI=1S/C13H8Cl6O2/c1-20-5-3-4-6(21-2)8-7(5)11(16)9(14)10(15)12(8,17)13(11,18)19/h3-4H,1-2H3. The molecule has 0 N–H and O–H groups in total. The van der Waals surface area contributed by atoms with E-state index in [0.29, 0.717) is 22.6 Å². The molecule has 2 aliphatic carbocycles. The lowest BCUT2D eigenvalue weighted by Gasteiger charge is -2.31. The molecule has 8 heteroatoms. The molecule has 2 nitrogen and oxygen atoms in total. The van der Waals surface area contributed by atoms with Gasteiger partial charge >= 0.3 is 0 Å². The van der Waals surface area contributed by atoms with Gasteiger partial charge in [0.1, 0.15) is 21.2 Å². The van der Waals surface area contributed by atoms with Crippen molar-refractivity contribution in [2.45, 2.75) is 14.1 Å². The maximum Gasteiger partial charge on any atom is 0.174 e. The summed E-state index contributed by atoms with van der Waals surface area (Å²) in [7, 11) is 3.00. The minimum atomic E-state index is -1.69. The highest BCUT2D eigenvalue weighted by atomic mass is 35.5. The molecule has 0 fully saturated rings. The predicted molar refractivity (Wildman–Crippen MR) is 87.8 cm³/mol. The second-order valence-electron chi connectivity index (χ2n) is 4.74. The normalized spacial score (nSPS) is 32.4. The molecule has 0 saturated carbocycles. The van der Waals surface area contributed by atoms with Crippen molar-refractivity contribution in [1.29, 1.82) is 0 Å². The fraction of sp³-hybridized carbons (Fsp3) is 0.385. The molecule has 1 aromatic rings. The SMILES string of the molecule is COc1ccc(OC)c2c1C1(Cl)C(Cl)=C(Cl)C2(Cl)C1(Cl)Cl. The first-order valence-electron chi connectivity index (χ1n) is 5.77. The molecular formula is C13H8Cl6O2. The number of methoxy groups -OCH3 is 2. The van der Waals surface area contributed by atoms with Crippen molar-refractivity contribution < 1.29 is 9.47 Å². The van der Waals surface area contributed by atoms with E-state index in [1.165, 1.54) is 14.2 Å². The van der Waals surface area contributed by atoms with Crippen LogP contribution in [0.15, 0.2) is 22.2 Å². The molecule has 0 aromatic heterocycles. The molecule has 2 atom stereocenters. The van der Waals surface area contributed by atoms with E-state index in [2.05, 4.69) is 0 Å². The summed E-state index contributed by atoms with van der Waals surface area (Å²) in [5, 5.41) is 0.176. The van der Waals surface area contributed by atoms with E-state index in [1.54, 1.807) is 12.1 Å². The van der Waals surface area contributed by atoms with Crippen molar-refractivity contribution in [2.75, 3.05) is 14.2 Å². The van der Waals surface area contributed by atoms with Gasteiger partial charge in [-0.1, -0.05) is 46.4 Å². The fourth-order valence-electron chi connectivity index (χ4n) is 2.94. The number of ether oxygens (including phenoxy) is 2. The molecule has 0 amide bonds. The zero-order valence-corrected chi connectivity index (χ0v) is 15.3. The third kappa shape index (κ3) is 1.50. The van der Waals surface area contributed by atoms with E-state index >= 15 is 0 Å². The topological polar surface area (TPSA) is 18.5 Å². The third-order valence-corrected chi connectivity index (χ3v) is 8.00. The van der Waals surface area contributed by atoms with Gasteiger partial charge in [-0.05, 0) is 12.1 Å². The van der Waals surface area contributed by atoms with Gasteiger partial charge in [0.05, 0.1) is 24.3 Å². The van der Waals surface area contributed by atoms with Crippen molar-refractivity contribution >= 4 is 69.6 Å². The number of hydrogen-bond acceptors (Lipinski definition) is 2. The Labute approximate surface area is 151 Å². The molecular weight excluding hydrogens is 401 g/mol. The van der Waals surface area contributed by atoms with Gasteiger partial charge in [0.15, 0.2) is 4.33 Å². The van der Waals surface area contributed by atoms with Gasteiger partial charge in [-0.2, -0.15) is 0 Å². The van der Waals surface area contributed by atoms with Gasteiger partial charge in [0.2, 0.25) is 0 Å². The van der Waals surface area contributed by atoms with Crippen LogP contribution in [0.1, 0.15) is 11.1 Å². The van der Waals surface area contributed by atoms with Crippen LogP contribution in [0, 0.1) is 0 Å². The second-order valence-corrected chi connectivity index (χ2v) is 7.96. The molecule has 3 rings (SSSR count). The lowest BCUT2D eigenvalue weighted by Crippen LogP contribution is -2.39. The van der Waals surface area contributed by atoms with E-state index in [9.17, 15) is 0 Å². The Bertz CT molecular complexity index is 630. The monoisotopic (exact) mass is 406 g/mol. The van der Waals surface area contributed by atoms with E-state index < -0.39 is 14.1 Å². The minimum absolute atomic E-state index is 0.0879. The average molecular weight is 409 g/mol. The Morgan fingerprint density at radius 3 is 1.38 bits per heavy atom. The van der Waals surface area contributed by atoms with Crippen LogP contribution >= 0.6 is 69.6 Å². The molecule has 0 heterocycles. The van der Waals surface area contributed by atoms with Crippen molar-refractivity contribution in [3.63, 3.8) is 0 Å². The van der Waals surface area contributed by atoms with Crippen LogP contribution in [-0.2, 0) is 9.75 Å². The van der Waals surface area contributed by atoms with Crippen LogP contribution in [0.25, 0.3) is 0 Å². The summed E-state index contributed by atoms with van der Waals surface area (Å²) in [6, 6.07) is 3.37. The highest BCUT2D eigenvalue weighted by molar-refractivity contribution is 6.65. The summed E-state index contributed by atoms with van der Waals surface area (Å²) in [6.07, 6.45) is 0. The first-order chi connectivity index (χ1) is 9.69. The van der Waals surface area contributed by atoms with Gasteiger partial charge in [-0.25, -0.2) is 0 Å². The van der Waals surface area contributed by atoms with Crippen LogP contribution in [0.4, 0.5) is 0 Å². The molecule has 0 spiro atoms. The first kappa shape index (κ1) is 16.2. The van der Waals surface area contributed by atoms with Gasteiger partial charge in [0.25, 0.3) is 0 Å². The van der Waals surface area contributed by atoms with Crippen LogP contribution in [0.2, 0.25) is 0 Å². The second kappa shape index (κ2) is 4.66. The zero-order valence-electron chi connectivity index (χ0n) is 10.7. The number of halogens is 6. The third-order valence-electron chi connectivity index (χ3n) is 3.92. The van der Waals surface area contributed by atoms with Crippen LogP contribution in [0.5, 0.6) is 11.5 Å². The van der Waals surface area contributed by atoms with E-state index in [0.717, 1.165) is 0 Å². The van der Waals surface area contributed by atoms with Crippen molar-refractivity contribution in [3.8, 4) is 11.5 Å². The molecule has 2 unspecified atom stereocenters. The maximum absolute atomic E-state index is 6.71. The lowest BCUT2D eigenvalue weighted by atomic mass is 9.93. The molecule has 1 aromatic carbocycles. The van der Waals surface area contributed by atoms with Gasteiger partial charge in [0, 0.05) is 11.1 Å². The molecule has 114 valence electrons. The Morgan fingerprint density at radius 1 is 0.762 bits per heavy atom. The molecule has 0 aliphatic heterocycles. The summed E-state index contributed by atoms with van der Waals surface area (Å²) >= 11 is 39.0. The van der Waals surface area contributed by atoms with Gasteiger partial charge in [-0.3, -0.25) is 0 Å². The predicted octanol–water partition coefficient (Wildman–Crippen LogP) is 5.46. The summed E-state index contributed by atoms with van der Waals surface area (Å²) in [5.41, 5.74) is 0.945. The van der Waals surface area contributed by atoms with Gasteiger partial charge in [-0.15, -0.1) is 23.2 Å². The van der Waals surface area contributed by atoms with Crippen molar-refractivity contribution in [3.05, 3.63) is 33.3 Å². The number of allylic oxidation sites excluding steroid dienone is 2. The van der Waals surface area contributed by atoms with E-state index in [-0.39, 0.29) is 10.1 Å². The molecule has 0 saturated heterocycles. The number of benzene rings is 1. The van der Waals surface area contributed by atoms with Crippen LogP contribution in [0.3, 0.4) is 0 Å². The summed E-state index contributed by atoms with van der Waals surface area (Å²) in [6.45, 7) is 0. The summed E-state index contributed by atoms with van der Waals surface area (Å²) in [4.78, 5) is -3.02. The van der Waals surface area contributed by atoms with Crippen molar-refractivity contribution in [1.82, 2.24) is 0 Å². The smallest absolute Gasteiger partial charge is 0.174 e. The highest BCUT2D eigenvalue weighted by Crippen LogP contribution is 2.79. The number of hydrogen-bond donors (Lipinski definition) is 0.